The van der Waals surface area contributed by atoms with E-state index in [9.17, 15) is 4.79 Å². The Morgan fingerprint density at radius 2 is 2.32 bits per heavy atom. The van der Waals surface area contributed by atoms with Crippen molar-refractivity contribution in [2.45, 2.75) is 44.6 Å². The van der Waals surface area contributed by atoms with Crippen LogP contribution in [-0.2, 0) is 14.3 Å². The fourth-order valence-electron chi connectivity index (χ4n) is 2.26. The summed E-state index contributed by atoms with van der Waals surface area (Å²) in [5, 5.41) is 8.52. The second-order valence-electron chi connectivity index (χ2n) is 4.88. The van der Waals surface area contributed by atoms with Gasteiger partial charge >= 0.3 is 5.97 Å². The van der Waals surface area contributed by atoms with E-state index in [1.807, 2.05) is 0 Å². The molecule has 0 N–H and O–H groups in total. The third kappa shape index (κ3) is 7.14. The van der Waals surface area contributed by atoms with Crippen LogP contribution >= 0.6 is 0 Å². The predicted molar refractivity (Wildman–Crippen MR) is 71.5 cm³/mol. The summed E-state index contributed by atoms with van der Waals surface area (Å²) >= 11 is 0. The molecule has 0 aromatic carbocycles. The molecule has 5 heteroatoms. The summed E-state index contributed by atoms with van der Waals surface area (Å²) in [6.07, 6.45) is 5.45. The Labute approximate surface area is 115 Å². The molecule has 0 aromatic rings. The van der Waals surface area contributed by atoms with Crippen LogP contribution in [0.2, 0.25) is 0 Å². The number of methoxy groups -OCH3 is 1. The van der Waals surface area contributed by atoms with E-state index >= 15 is 0 Å². The molecule has 0 radical (unpaired) electrons. The maximum atomic E-state index is 11.2. The molecule has 1 aliphatic heterocycles. The first-order valence-electron chi connectivity index (χ1n) is 7.04. The molecule has 1 heterocycles. The van der Waals surface area contributed by atoms with Gasteiger partial charge in [-0.1, -0.05) is 0 Å². The summed E-state index contributed by atoms with van der Waals surface area (Å²) in [4.78, 5) is 13.5. The molecule has 108 valence electrons. The van der Waals surface area contributed by atoms with Crippen LogP contribution in [0.4, 0.5) is 0 Å². The van der Waals surface area contributed by atoms with Gasteiger partial charge in [-0.2, -0.15) is 5.26 Å². The van der Waals surface area contributed by atoms with Crippen LogP contribution in [0.3, 0.4) is 0 Å². The summed E-state index contributed by atoms with van der Waals surface area (Å²) in [5.74, 6) is -0.172. The molecule has 1 fully saturated rings. The Morgan fingerprint density at radius 3 is 2.95 bits per heavy atom. The molecule has 0 spiro atoms. The third-order valence-electron chi connectivity index (χ3n) is 3.36. The Balaban J connectivity index is 2.28. The average molecular weight is 268 g/mol. The first-order chi connectivity index (χ1) is 9.26. The summed E-state index contributed by atoms with van der Waals surface area (Å²) in [7, 11) is 1.42. The lowest BCUT2D eigenvalue weighted by Crippen LogP contribution is -2.34. The zero-order valence-corrected chi connectivity index (χ0v) is 11.8. The van der Waals surface area contributed by atoms with Crippen molar-refractivity contribution in [3.8, 4) is 6.07 Å². The van der Waals surface area contributed by atoms with Crippen molar-refractivity contribution in [1.29, 1.82) is 5.26 Å². The van der Waals surface area contributed by atoms with Crippen molar-refractivity contribution in [2.75, 3.05) is 33.4 Å². The minimum absolute atomic E-state index is 0.172. The van der Waals surface area contributed by atoms with Gasteiger partial charge in [-0.05, 0) is 32.2 Å². The van der Waals surface area contributed by atoms with Crippen LogP contribution in [-0.4, -0.2) is 50.3 Å². The van der Waals surface area contributed by atoms with E-state index in [1.54, 1.807) is 0 Å². The maximum absolute atomic E-state index is 11.2. The van der Waals surface area contributed by atoms with Crippen LogP contribution in [0, 0.1) is 11.3 Å². The quantitative estimate of drug-likeness (QED) is 0.470. The molecule has 1 unspecified atom stereocenters. The highest BCUT2D eigenvalue weighted by Gasteiger charge is 2.19. The number of carbonyl (C=O) groups is 1. The molecule has 0 amide bonds. The highest BCUT2D eigenvalue weighted by atomic mass is 16.5. The van der Waals surface area contributed by atoms with Crippen molar-refractivity contribution >= 4 is 5.97 Å². The van der Waals surface area contributed by atoms with Gasteiger partial charge in [0.2, 0.25) is 0 Å². The summed E-state index contributed by atoms with van der Waals surface area (Å²) in [6, 6.07) is 2.16. The second-order valence-corrected chi connectivity index (χ2v) is 4.88. The summed E-state index contributed by atoms with van der Waals surface area (Å²) in [5.41, 5.74) is 0. The van der Waals surface area contributed by atoms with Crippen LogP contribution < -0.4 is 0 Å². The number of rotatable bonds is 9. The molecule has 0 saturated carbocycles. The van der Waals surface area contributed by atoms with E-state index in [0.717, 1.165) is 45.4 Å². The SMILES string of the molecule is COC(=O)CCN(CCCCC#N)CC1CCCO1. The van der Waals surface area contributed by atoms with Crippen LogP contribution in [0.15, 0.2) is 0 Å². The molecular weight excluding hydrogens is 244 g/mol. The lowest BCUT2D eigenvalue weighted by molar-refractivity contribution is -0.141. The molecule has 0 aliphatic carbocycles. The highest BCUT2D eigenvalue weighted by Crippen LogP contribution is 2.14. The van der Waals surface area contributed by atoms with Gasteiger partial charge in [-0.3, -0.25) is 4.79 Å². The van der Waals surface area contributed by atoms with Crippen molar-refractivity contribution in [1.82, 2.24) is 4.90 Å². The van der Waals surface area contributed by atoms with E-state index < -0.39 is 0 Å². The molecule has 0 aromatic heterocycles. The number of nitriles is 1. The predicted octanol–water partition coefficient (Wildman–Crippen LogP) is 1.72. The molecule has 1 rings (SSSR count). The molecule has 0 bridgehead atoms. The van der Waals surface area contributed by atoms with Gasteiger partial charge in [0, 0.05) is 26.1 Å². The van der Waals surface area contributed by atoms with Gasteiger partial charge in [0.25, 0.3) is 0 Å². The van der Waals surface area contributed by atoms with Crippen LogP contribution in [0.5, 0.6) is 0 Å². The minimum Gasteiger partial charge on any atom is -0.469 e. The largest absolute Gasteiger partial charge is 0.469 e. The number of ether oxygens (including phenoxy) is 2. The molecule has 5 nitrogen and oxygen atoms in total. The van der Waals surface area contributed by atoms with Crippen LogP contribution in [0.25, 0.3) is 0 Å². The molecule has 1 atom stereocenters. The number of nitrogens with zero attached hydrogens (tertiary/aromatic N) is 2. The molecular formula is C14H24N2O3. The summed E-state index contributed by atoms with van der Waals surface area (Å²) < 4.78 is 10.3. The first-order valence-corrected chi connectivity index (χ1v) is 7.04. The Hall–Kier alpha value is -1.12. The van der Waals surface area contributed by atoms with E-state index in [1.165, 1.54) is 7.11 Å². The number of unbranched alkanes of at least 4 members (excludes halogenated alkanes) is 2. The Morgan fingerprint density at radius 1 is 1.47 bits per heavy atom. The van der Waals surface area contributed by atoms with E-state index in [4.69, 9.17) is 10.00 Å². The van der Waals surface area contributed by atoms with Crippen molar-refractivity contribution in [2.24, 2.45) is 0 Å². The smallest absolute Gasteiger partial charge is 0.306 e. The average Bonchev–Trinajstić information content (AvgIpc) is 2.93. The molecule has 1 saturated heterocycles. The number of hydrogen-bond donors (Lipinski definition) is 0. The van der Waals surface area contributed by atoms with Crippen molar-refractivity contribution < 1.29 is 14.3 Å². The van der Waals surface area contributed by atoms with E-state index in [-0.39, 0.29) is 5.97 Å². The van der Waals surface area contributed by atoms with Gasteiger partial charge < -0.3 is 14.4 Å². The van der Waals surface area contributed by atoms with E-state index in [2.05, 4.69) is 15.7 Å². The number of esters is 1. The monoisotopic (exact) mass is 268 g/mol. The fourth-order valence-corrected chi connectivity index (χ4v) is 2.26. The van der Waals surface area contributed by atoms with E-state index in [0.29, 0.717) is 25.5 Å². The van der Waals surface area contributed by atoms with Gasteiger partial charge in [-0.15, -0.1) is 0 Å². The number of hydrogen-bond acceptors (Lipinski definition) is 5. The lowest BCUT2D eigenvalue weighted by Gasteiger charge is -2.24. The zero-order valence-electron chi connectivity index (χ0n) is 11.8. The Bertz CT molecular complexity index is 296. The lowest BCUT2D eigenvalue weighted by atomic mass is 10.2. The third-order valence-corrected chi connectivity index (χ3v) is 3.36. The Kier molecular flexibility index (Phi) is 8.19. The standard InChI is InChI=1S/C14H24N2O3/c1-18-14(17)7-10-16(9-4-2-3-8-15)12-13-6-5-11-19-13/h13H,2-7,9-12H2,1H3. The topological polar surface area (TPSA) is 62.6 Å². The minimum atomic E-state index is -0.172. The molecule has 19 heavy (non-hydrogen) atoms. The fraction of sp³-hybridized carbons (Fsp3) is 0.857. The highest BCUT2D eigenvalue weighted by molar-refractivity contribution is 5.69. The summed E-state index contributed by atoms with van der Waals surface area (Å²) in [6.45, 7) is 3.35. The van der Waals surface area contributed by atoms with Crippen LogP contribution in [0.1, 0.15) is 38.5 Å². The zero-order chi connectivity index (χ0) is 13.9. The second kappa shape index (κ2) is 9.76. The number of carbonyl (C=O) groups excluding carboxylic acids is 1. The van der Waals surface area contributed by atoms with Crippen molar-refractivity contribution in [3.05, 3.63) is 0 Å². The van der Waals surface area contributed by atoms with Gasteiger partial charge in [0.1, 0.15) is 0 Å². The normalized spacial score (nSPS) is 18.5. The van der Waals surface area contributed by atoms with Gasteiger partial charge in [0.15, 0.2) is 0 Å². The van der Waals surface area contributed by atoms with Crippen molar-refractivity contribution in [3.63, 3.8) is 0 Å². The first kappa shape index (κ1) is 15.9. The molecule has 1 aliphatic rings. The van der Waals surface area contributed by atoms with Gasteiger partial charge in [-0.25, -0.2) is 0 Å². The van der Waals surface area contributed by atoms with Gasteiger partial charge in [0.05, 0.1) is 25.7 Å². The maximum Gasteiger partial charge on any atom is 0.306 e.